The van der Waals surface area contributed by atoms with Gasteiger partial charge in [-0.05, 0) is 62.7 Å². The molecule has 1 aromatic carbocycles. The minimum Gasteiger partial charge on any atom is -0.356 e. The Balaban J connectivity index is 1.44. The third-order valence-electron chi connectivity index (χ3n) is 5.78. The van der Waals surface area contributed by atoms with Crippen molar-refractivity contribution in [2.24, 2.45) is 10.9 Å². The number of guanidine groups is 1. The number of aliphatic imine (C=N–C) groups is 1. The van der Waals surface area contributed by atoms with Crippen LogP contribution in [0.15, 0.2) is 35.3 Å². The molecule has 0 aliphatic carbocycles. The number of nitrogens with zero attached hydrogens (tertiary/aromatic N) is 3. The molecule has 2 heterocycles. The molecule has 138 valence electrons. The molecule has 4 heteroatoms. The van der Waals surface area contributed by atoms with Gasteiger partial charge in [0, 0.05) is 26.7 Å². The molecule has 1 N–H and O–H groups in total. The third kappa shape index (κ3) is 4.97. The molecule has 2 unspecified atom stereocenters. The number of rotatable bonds is 5. The van der Waals surface area contributed by atoms with E-state index >= 15 is 0 Å². The molecule has 1 aromatic rings. The molecule has 0 bridgehead atoms. The van der Waals surface area contributed by atoms with Gasteiger partial charge in [0.2, 0.25) is 0 Å². The van der Waals surface area contributed by atoms with Crippen LogP contribution in [0.25, 0.3) is 0 Å². The monoisotopic (exact) mass is 342 g/mol. The predicted molar refractivity (Wildman–Crippen MR) is 106 cm³/mol. The van der Waals surface area contributed by atoms with Gasteiger partial charge in [-0.2, -0.15) is 0 Å². The molecule has 25 heavy (non-hydrogen) atoms. The fourth-order valence-corrected chi connectivity index (χ4v) is 4.37. The maximum atomic E-state index is 4.53. The first kappa shape index (κ1) is 18.2. The Morgan fingerprint density at radius 3 is 2.60 bits per heavy atom. The fraction of sp³-hybridized carbons (Fsp3) is 0.667. The van der Waals surface area contributed by atoms with E-state index in [0.29, 0.717) is 11.8 Å². The van der Waals surface area contributed by atoms with E-state index in [1.165, 1.54) is 50.9 Å². The number of hydrogen-bond acceptors (Lipinski definition) is 2. The summed E-state index contributed by atoms with van der Waals surface area (Å²) in [4.78, 5) is 9.56. The Kier molecular flexibility index (Phi) is 6.74. The predicted octanol–water partition coefficient (Wildman–Crippen LogP) is 3.17. The molecule has 2 aliphatic heterocycles. The number of hydrogen-bond donors (Lipinski definition) is 1. The van der Waals surface area contributed by atoms with Gasteiger partial charge in [-0.1, -0.05) is 37.3 Å². The number of benzene rings is 1. The van der Waals surface area contributed by atoms with Crippen molar-refractivity contribution >= 4 is 5.96 Å². The van der Waals surface area contributed by atoms with Gasteiger partial charge in [0.15, 0.2) is 5.96 Å². The number of piperidine rings is 1. The van der Waals surface area contributed by atoms with Crippen molar-refractivity contribution in [1.82, 2.24) is 15.1 Å². The second-order valence-electron chi connectivity index (χ2n) is 7.61. The van der Waals surface area contributed by atoms with Gasteiger partial charge < -0.3 is 15.1 Å². The number of nitrogens with one attached hydrogen (secondary N) is 1. The van der Waals surface area contributed by atoms with E-state index in [1.54, 1.807) is 0 Å². The Bertz CT molecular complexity index is 536. The molecule has 0 saturated carbocycles. The van der Waals surface area contributed by atoms with Gasteiger partial charge in [-0.3, -0.25) is 4.99 Å². The van der Waals surface area contributed by atoms with E-state index < -0.39 is 0 Å². The molecule has 2 atom stereocenters. The quantitative estimate of drug-likeness (QED) is 0.506. The minimum atomic E-state index is 0.652. The lowest BCUT2D eigenvalue weighted by Crippen LogP contribution is -2.48. The second kappa shape index (κ2) is 9.23. The molecule has 0 aromatic heterocycles. The van der Waals surface area contributed by atoms with Crippen LogP contribution in [0.2, 0.25) is 0 Å². The van der Waals surface area contributed by atoms with Crippen molar-refractivity contribution in [3.05, 3.63) is 35.9 Å². The highest BCUT2D eigenvalue weighted by Crippen LogP contribution is 2.32. The standard InChI is InChI=1S/C21H34N4/c1-18-17-25(16-11-20(18)19-9-4-3-5-10-19)21(22-2)23-12-8-15-24-13-6-7-14-24/h3-5,9-10,18,20H,6-8,11-17H2,1-2H3,(H,22,23). The Labute approximate surface area is 153 Å². The van der Waals surface area contributed by atoms with E-state index in [-0.39, 0.29) is 0 Å². The zero-order valence-electron chi connectivity index (χ0n) is 16.0. The maximum absolute atomic E-state index is 4.53. The van der Waals surface area contributed by atoms with Gasteiger partial charge in [0.1, 0.15) is 0 Å². The topological polar surface area (TPSA) is 30.9 Å². The summed E-state index contributed by atoms with van der Waals surface area (Å²) in [6.45, 7) is 9.39. The van der Waals surface area contributed by atoms with Crippen molar-refractivity contribution in [3.63, 3.8) is 0 Å². The van der Waals surface area contributed by atoms with Crippen LogP contribution in [0.5, 0.6) is 0 Å². The lowest BCUT2D eigenvalue weighted by Gasteiger charge is -2.39. The molecule has 0 radical (unpaired) electrons. The van der Waals surface area contributed by atoms with Gasteiger partial charge in [0.05, 0.1) is 0 Å². The highest BCUT2D eigenvalue weighted by molar-refractivity contribution is 5.80. The molecule has 4 nitrogen and oxygen atoms in total. The number of likely N-dealkylation sites (tertiary alicyclic amines) is 2. The summed E-state index contributed by atoms with van der Waals surface area (Å²) >= 11 is 0. The van der Waals surface area contributed by atoms with Crippen molar-refractivity contribution < 1.29 is 0 Å². The molecule has 0 spiro atoms. The van der Waals surface area contributed by atoms with Crippen molar-refractivity contribution in [1.29, 1.82) is 0 Å². The van der Waals surface area contributed by atoms with Crippen molar-refractivity contribution in [2.45, 2.75) is 38.5 Å². The molecular formula is C21H34N4. The molecular weight excluding hydrogens is 308 g/mol. The lowest BCUT2D eigenvalue weighted by molar-refractivity contribution is 0.234. The summed E-state index contributed by atoms with van der Waals surface area (Å²) in [5.74, 6) is 2.41. The van der Waals surface area contributed by atoms with Crippen LogP contribution in [0.1, 0.15) is 44.1 Å². The third-order valence-corrected chi connectivity index (χ3v) is 5.78. The average Bonchev–Trinajstić information content (AvgIpc) is 3.16. The van der Waals surface area contributed by atoms with Gasteiger partial charge in [-0.15, -0.1) is 0 Å². The van der Waals surface area contributed by atoms with Gasteiger partial charge in [-0.25, -0.2) is 0 Å². The molecule has 2 fully saturated rings. The lowest BCUT2D eigenvalue weighted by atomic mass is 9.82. The first-order valence-corrected chi connectivity index (χ1v) is 10.0. The van der Waals surface area contributed by atoms with E-state index in [1.807, 2.05) is 7.05 Å². The zero-order valence-corrected chi connectivity index (χ0v) is 16.0. The summed E-state index contributed by atoms with van der Waals surface area (Å²) in [6.07, 6.45) is 5.17. The summed E-state index contributed by atoms with van der Waals surface area (Å²) in [5.41, 5.74) is 1.49. The van der Waals surface area contributed by atoms with Crippen LogP contribution in [-0.2, 0) is 0 Å². The summed E-state index contributed by atoms with van der Waals surface area (Å²) in [7, 11) is 1.91. The van der Waals surface area contributed by atoms with Crippen LogP contribution in [0, 0.1) is 5.92 Å². The summed E-state index contributed by atoms with van der Waals surface area (Å²) in [5, 5.41) is 3.59. The Morgan fingerprint density at radius 2 is 1.92 bits per heavy atom. The van der Waals surface area contributed by atoms with E-state index in [2.05, 4.69) is 57.4 Å². The second-order valence-corrected chi connectivity index (χ2v) is 7.61. The summed E-state index contributed by atoms with van der Waals surface area (Å²) < 4.78 is 0. The largest absolute Gasteiger partial charge is 0.356 e. The molecule has 0 amide bonds. The smallest absolute Gasteiger partial charge is 0.193 e. The van der Waals surface area contributed by atoms with Crippen molar-refractivity contribution in [3.8, 4) is 0 Å². The molecule has 3 rings (SSSR count). The SMILES string of the molecule is CN=C(NCCCN1CCCC1)N1CCC(c2ccccc2)C(C)C1. The first-order chi connectivity index (χ1) is 12.3. The van der Waals surface area contributed by atoms with Gasteiger partial charge in [0.25, 0.3) is 0 Å². The molecule has 2 saturated heterocycles. The maximum Gasteiger partial charge on any atom is 0.193 e. The van der Waals surface area contributed by atoms with Gasteiger partial charge >= 0.3 is 0 Å². The van der Waals surface area contributed by atoms with E-state index in [0.717, 1.165) is 25.6 Å². The average molecular weight is 343 g/mol. The van der Waals surface area contributed by atoms with Crippen LogP contribution < -0.4 is 5.32 Å². The van der Waals surface area contributed by atoms with E-state index in [4.69, 9.17) is 0 Å². The highest BCUT2D eigenvalue weighted by Gasteiger charge is 2.28. The Morgan fingerprint density at radius 1 is 1.16 bits per heavy atom. The van der Waals surface area contributed by atoms with Crippen LogP contribution >= 0.6 is 0 Å². The summed E-state index contributed by atoms with van der Waals surface area (Å²) in [6, 6.07) is 11.0. The highest BCUT2D eigenvalue weighted by atomic mass is 15.3. The Hall–Kier alpha value is -1.55. The first-order valence-electron chi connectivity index (χ1n) is 10.0. The van der Waals surface area contributed by atoms with Crippen LogP contribution in [0.4, 0.5) is 0 Å². The van der Waals surface area contributed by atoms with E-state index in [9.17, 15) is 0 Å². The van der Waals surface area contributed by atoms with Crippen LogP contribution in [0.3, 0.4) is 0 Å². The fourth-order valence-electron chi connectivity index (χ4n) is 4.37. The van der Waals surface area contributed by atoms with Crippen LogP contribution in [-0.4, -0.2) is 62.1 Å². The van der Waals surface area contributed by atoms with Crippen molar-refractivity contribution in [2.75, 3.05) is 46.3 Å². The zero-order chi connectivity index (χ0) is 17.5. The molecule has 2 aliphatic rings. The normalized spacial score (nSPS) is 25.4. The minimum absolute atomic E-state index is 0.652.